The van der Waals surface area contributed by atoms with Gasteiger partial charge in [0.05, 0.1) is 11.9 Å². The number of para-hydroxylation sites is 1. The number of likely N-dealkylation sites (tertiary alicyclic amines) is 1. The molecule has 2 heterocycles. The summed E-state index contributed by atoms with van der Waals surface area (Å²) in [5, 5.41) is 0.809. The standard InChI is InChI=1S/C16H19FN2O/c1-11-4-3-7-19(10-11)15(20)8-12-9-18-16-13(12)5-2-6-14(16)17/h2,5-6,9,11,18H,3-4,7-8,10H2,1H3. The molecule has 1 saturated heterocycles. The van der Waals surface area contributed by atoms with Gasteiger partial charge in [0.25, 0.3) is 0 Å². The summed E-state index contributed by atoms with van der Waals surface area (Å²) < 4.78 is 13.6. The molecule has 1 aliphatic rings. The van der Waals surface area contributed by atoms with Gasteiger partial charge in [-0.05, 0) is 30.4 Å². The molecule has 1 fully saturated rings. The number of hydrogen-bond acceptors (Lipinski definition) is 1. The van der Waals surface area contributed by atoms with Crippen molar-refractivity contribution in [2.45, 2.75) is 26.2 Å². The van der Waals surface area contributed by atoms with Gasteiger partial charge in [-0.2, -0.15) is 0 Å². The van der Waals surface area contributed by atoms with Crippen molar-refractivity contribution in [2.75, 3.05) is 13.1 Å². The first-order valence-corrected chi connectivity index (χ1v) is 7.17. The van der Waals surface area contributed by atoms with Crippen LogP contribution in [0, 0.1) is 11.7 Å². The second kappa shape index (κ2) is 5.27. The van der Waals surface area contributed by atoms with Crippen molar-refractivity contribution in [3.8, 4) is 0 Å². The number of halogens is 1. The van der Waals surface area contributed by atoms with Crippen LogP contribution in [-0.4, -0.2) is 28.9 Å². The third-order valence-electron chi connectivity index (χ3n) is 4.10. The largest absolute Gasteiger partial charge is 0.359 e. The zero-order valence-electron chi connectivity index (χ0n) is 11.7. The minimum Gasteiger partial charge on any atom is -0.359 e. The second-order valence-electron chi connectivity index (χ2n) is 5.74. The van der Waals surface area contributed by atoms with E-state index in [4.69, 9.17) is 0 Å². The van der Waals surface area contributed by atoms with Crippen LogP contribution in [0.4, 0.5) is 4.39 Å². The van der Waals surface area contributed by atoms with Gasteiger partial charge in [0.15, 0.2) is 0 Å². The van der Waals surface area contributed by atoms with Gasteiger partial charge in [-0.25, -0.2) is 4.39 Å². The van der Waals surface area contributed by atoms with Crippen LogP contribution in [0.5, 0.6) is 0 Å². The molecule has 3 rings (SSSR count). The number of fused-ring (bicyclic) bond motifs is 1. The molecule has 1 aromatic carbocycles. The van der Waals surface area contributed by atoms with Gasteiger partial charge in [0, 0.05) is 24.7 Å². The van der Waals surface area contributed by atoms with Crippen LogP contribution in [0.15, 0.2) is 24.4 Å². The first-order valence-electron chi connectivity index (χ1n) is 7.17. The lowest BCUT2D eigenvalue weighted by molar-refractivity contribution is -0.132. The molecule has 2 aromatic rings. The van der Waals surface area contributed by atoms with Crippen LogP contribution in [0.1, 0.15) is 25.3 Å². The van der Waals surface area contributed by atoms with Crippen molar-refractivity contribution in [3.63, 3.8) is 0 Å². The number of nitrogens with zero attached hydrogens (tertiary/aromatic N) is 1. The average Bonchev–Trinajstić information content (AvgIpc) is 2.83. The van der Waals surface area contributed by atoms with E-state index in [9.17, 15) is 9.18 Å². The number of amides is 1. The Balaban J connectivity index is 1.79. The molecular formula is C16H19FN2O. The van der Waals surface area contributed by atoms with Crippen LogP contribution in [-0.2, 0) is 11.2 Å². The van der Waals surface area contributed by atoms with E-state index in [1.807, 2.05) is 11.0 Å². The van der Waals surface area contributed by atoms with Crippen molar-refractivity contribution >= 4 is 16.8 Å². The topological polar surface area (TPSA) is 36.1 Å². The Kier molecular flexibility index (Phi) is 3.47. The first kappa shape index (κ1) is 13.2. The minimum absolute atomic E-state index is 0.140. The van der Waals surface area contributed by atoms with Crippen molar-refractivity contribution < 1.29 is 9.18 Å². The molecule has 1 aliphatic heterocycles. The molecule has 0 spiro atoms. The minimum atomic E-state index is -0.271. The summed E-state index contributed by atoms with van der Waals surface area (Å²) in [6.07, 6.45) is 4.37. The predicted molar refractivity (Wildman–Crippen MR) is 76.9 cm³/mol. The maximum atomic E-state index is 13.6. The Bertz CT molecular complexity index is 634. The average molecular weight is 274 g/mol. The van der Waals surface area contributed by atoms with Gasteiger partial charge in [-0.3, -0.25) is 4.79 Å². The zero-order valence-corrected chi connectivity index (χ0v) is 11.7. The maximum absolute atomic E-state index is 13.6. The lowest BCUT2D eigenvalue weighted by Gasteiger charge is -2.31. The molecule has 106 valence electrons. The van der Waals surface area contributed by atoms with Crippen LogP contribution in [0.2, 0.25) is 0 Å². The SMILES string of the molecule is CC1CCCN(C(=O)Cc2c[nH]c3c(F)cccc23)C1. The molecule has 1 N–H and O–H groups in total. The smallest absolute Gasteiger partial charge is 0.227 e. The Labute approximate surface area is 117 Å². The number of aromatic nitrogens is 1. The molecule has 3 nitrogen and oxygen atoms in total. The Morgan fingerprint density at radius 3 is 3.15 bits per heavy atom. The number of piperidine rings is 1. The third kappa shape index (κ3) is 2.42. The van der Waals surface area contributed by atoms with Crippen LogP contribution in [0.25, 0.3) is 10.9 Å². The van der Waals surface area contributed by atoms with Crippen LogP contribution in [0.3, 0.4) is 0 Å². The van der Waals surface area contributed by atoms with Crippen LogP contribution >= 0.6 is 0 Å². The molecule has 0 aliphatic carbocycles. The molecule has 1 unspecified atom stereocenters. The van der Waals surface area contributed by atoms with E-state index in [1.54, 1.807) is 12.3 Å². The highest BCUT2D eigenvalue weighted by atomic mass is 19.1. The van der Waals surface area contributed by atoms with Gasteiger partial charge >= 0.3 is 0 Å². The molecule has 0 saturated carbocycles. The summed E-state index contributed by atoms with van der Waals surface area (Å²) in [5.41, 5.74) is 1.37. The Morgan fingerprint density at radius 2 is 2.35 bits per heavy atom. The highest BCUT2D eigenvalue weighted by molar-refractivity contribution is 5.89. The molecule has 1 atom stereocenters. The van der Waals surface area contributed by atoms with E-state index in [0.29, 0.717) is 17.9 Å². The number of H-pyrrole nitrogens is 1. The van der Waals surface area contributed by atoms with Gasteiger partial charge in [-0.15, -0.1) is 0 Å². The molecule has 1 amide bonds. The highest BCUT2D eigenvalue weighted by Gasteiger charge is 2.21. The monoisotopic (exact) mass is 274 g/mol. The van der Waals surface area contributed by atoms with Crippen LogP contribution < -0.4 is 0 Å². The van der Waals surface area contributed by atoms with Crippen molar-refractivity contribution in [1.82, 2.24) is 9.88 Å². The van der Waals surface area contributed by atoms with E-state index in [0.717, 1.165) is 30.5 Å². The quantitative estimate of drug-likeness (QED) is 0.897. The fraction of sp³-hybridized carbons (Fsp3) is 0.438. The zero-order chi connectivity index (χ0) is 14.1. The van der Waals surface area contributed by atoms with E-state index in [-0.39, 0.29) is 11.7 Å². The molecular weight excluding hydrogens is 255 g/mol. The van der Waals surface area contributed by atoms with E-state index in [2.05, 4.69) is 11.9 Å². The Hall–Kier alpha value is -1.84. The number of benzene rings is 1. The fourth-order valence-electron chi connectivity index (χ4n) is 3.01. The van der Waals surface area contributed by atoms with E-state index < -0.39 is 0 Å². The summed E-state index contributed by atoms with van der Waals surface area (Å²) in [7, 11) is 0. The van der Waals surface area contributed by atoms with Gasteiger partial charge < -0.3 is 9.88 Å². The number of hydrogen-bond donors (Lipinski definition) is 1. The fourth-order valence-corrected chi connectivity index (χ4v) is 3.01. The normalized spacial score (nSPS) is 19.5. The van der Waals surface area contributed by atoms with Gasteiger partial charge in [0.2, 0.25) is 5.91 Å². The number of nitrogens with one attached hydrogen (secondary N) is 1. The predicted octanol–water partition coefficient (Wildman–Crippen LogP) is 3.11. The summed E-state index contributed by atoms with van der Waals surface area (Å²) >= 11 is 0. The molecule has 0 bridgehead atoms. The van der Waals surface area contributed by atoms with E-state index >= 15 is 0 Å². The van der Waals surface area contributed by atoms with E-state index in [1.165, 1.54) is 12.5 Å². The summed E-state index contributed by atoms with van der Waals surface area (Å²) in [6.45, 7) is 3.87. The third-order valence-corrected chi connectivity index (χ3v) is 4.10. The van der Waals surface area contributed by atoms with Crippen molar-refractivity contribution in [3.05, 3.63) is 35.8 Å². The van der Waals surface area contributed by atoms with Gasteiger partial charge in [0.1, 0.15) is 5.82 Å². The number of aromatic amines is 1. The number of carbonyl (C=O) groups excluding carboxylic acids is 1. The molecule has 1 aromatic heterocycles. The molecule has 4 heteroatoms. The van der Waals surface area contributed by atoms with Crippen molar-refractivity contribution in [2.24, 2.45) is 5.92 Å². The summed E-state index contributed by atoms with van der Waals surface area (Å²) in [4.78, 5) is 17.2. The first-order chi connectivity index (χ1) is 9.65. The molecule has 20 heavy (non-hydrogen) atoms. The maximum Gasteiger partial charge on any atom is 0.227 e. The lowest BCUT2D eigenvalue weighted by Crippen LogP contribution is -2.39. The second-order valence-corrected chi connectivity index (χ2v) is 5.74. The Morgan fingerprint density at radius 1 is 1.50 bits per heavy atom. The molecule has 0 radical (unpaired) electrons. The number of rotatable bonds is 2. The summed E-state index contributed by atoms with van der Waals surface area (Å²) in [5.74, 6) is 0.447. The highest BCUT2D eigenvalue weighted by Crippen LogP contribution is 2.22. The van der Waals surface area contributed by atoms with Gasteiger partial charge in [-0.1, -0.05) is 19.1 Å². The van der Waals surface area contributed by atoms with Crippen molar-refractivity contribution in [1.29, 1.82) is 0 Å². The number of carbonyl (C=O) groups is 1. The lowest BCUT2D eigenvalue weighted by atomic mass is 9.99. The summed E-state index contributed by atoms with van der Waals surface area (Å²) in [6, 6.07) is 4.97.